The number of carbonyl (C=O) groups is 2. The van der Waals surface area contributed by atoms with E-state index in [1.165, 1.54) is 11.1 Å². The number of nitrogens with two attached hydrogens (primary N) is 1. The Labute approximate surface area is 147 Å². The number of fused-ring (bicyclic) bond motifs is 3. The Balaban J connectivity index is 1.66. The normalized spacial score (nSPS) is 19.8. The van der Waals surface area contributed by atoms with E-state index < -0.39 is 0 Å². The molecule has 2 aromatic rings. The van der Waals surface area contributed by atoms with E-state index in [4.69, 9.17) is 5.73 Å². The van der Waals surface area contributed by atoms with Gasteiger partial charge in [-0.2, -0.15) is 0 Å². The van der Waals surface area contributed by atoms with E-state index in [1.807, 2.05) is 17.0 Å². The maximum Gasteiger partial charge on any atom is 0.254 e. The SMILES string of the molecule is Nc1cccc(C(=O)N2CC(=O)N3CCCc4ccccc4C3C2)c1. The summed E-state index contributed by atoms with van der Waals surface area (Å²) in [6.45, 7) is 1.40. The van der Waals surface area contributed by atoms with E-state index in [0.717, 1.165) is 19.4 Å². The number of hydrogen-bond donors (Lipinski definition) is 1. The molecule has 0 aromatic heterocycles. The van der Waals surface area contributed by atoms with Crippen LogP contribution >= 0.6 is 0 Å². The molecule has 2 heterocycles. The van der Waals surface area contributed by atoms with Crippen molar-refractivity contribution in [2.75, 3.05) is 25.4 Å². The first kappa shape index (κ1) is 15.7. The van der Waals surface area contributed by atoms with Gasteiger partial charge in [-0.1, -0.05) is 30.3 Å². The van der Waals surface area contributed by atoms with Crippen molar-refractivity contribution in [2.45, 2.75) is 18.9 Å². The van der Waals surface area contributed by atoms with E-state index in [2.05, 4.69) is 12.1 Å². The van der Waals surface area contributed by atoms with Gasteiger partial charge in [-0.25, -0.2) is 0 Å². The number of benzene rings is 2. The summed E-state index contributed by atoms with van der Waals surface area (Å²) in [7, 11) is 0. The van der Waals surface area contributed by atoms with Crippen LogP contribution in [0.15, 0.2) is 48.5 Å². The van der Waals surface area contributed by atoms with Gasteiger partial charge in [0, 0.05) is 24.3 Å². The maximum atomic E-state index is 12.9. The molecule has 2 aliphatic rings. The lowest BCUT2D eigenvalue weighted by molar-refractivity contribution is -0.138. The number of anilines is 1. The second kappa shape index (κ2) is 6.24. The van der Waals surface area contributed by atoms with Crippen LogP contribution in [0.25, 0.3) is 0 Å². The quantitative estimate of drug-likeness (QED) is 0.813. The van der Waals surface area contributed by atoms with Crippen molar-refractivity contribution in [1.29, 1.82) is 0 Å². The first-order valence-corrected chi connectivity index (χ1v) is 8.65. The zero-order valence-corrected chi connectivity index (χ0v) is 14.0. The van der Waals surface area contributed by atoms with Gasteiger partial charge in [-0.15, -0.1) is 0 Å². The van der Waals surface area contributed by atoms with E-state index in [-0.39, 0.29) is 24.4 Å². The lowest BCUT2D eigenvalue weighted by Gasteiger charge is -2.41. The van der Waals surface area contributed by atoms with Gasteiger partial charge in [-0.3, -0.25) is 9.59 Å². The number of nitrogen functional groups attached to an aromatic ring is 1. The number of rotatable bonds is 1. The third-order valence-corrected chi connectivity index (χ3v) is 5.10. The second-order valence-electron chi connectivity index (χ2n) is 6.72. The molecule has 1 fully saturated rings. The first-order chi connectivity index (χ1) is 12.1. The molecule has 2 amide bonds. The van der Waals surface area contributed by atoms with Gasteiger partial charge in [0.2, 0.25) is 5.91 Å². The van der Waals surface area contributed by atoms with E-state index >= 15 is 0 Å². The van der Waals surface area contributed by atoms with Crippen LogP contribution in [0.2, 0.25) is 0 Å². The standard InChI is InChI=1S/C20H21N3O2/c21-16-8-3-6-15(11-16)20(25)22-12-18-17-9-2-1-5-14(17)7-4-10-23(18)19(24)13-22/h1-3,5-6,8-9,11,18H,4,7,10,12-13,21H2. The Morgan fingerprint density at radius 1 is 1.12 bits per heavy atom. The van der Waals surface area contributed by atoms with Crippen LogP contribution in [0.5, 0.6) is 0 Å². The number of amides is 2. The fraction of sp³-hybridized carbons (Fsp3) is 0.300. The zero-order valence-electron chi connectivity index (χ0n) is 14.0. The first-order valence-electron chi connectivity index (χ1n) is 8.65. The van der Waals surface area contributed by atoms with Crippen LogP contribution in [-0.4, -0.2) is 41.2 Å². The van der Waals surface area contributed by atoms with Crippen LogP contribution in [0.4, 0.5) is 5.69 Å². The molecular formula is C20H21N3O2. The molecule has 2 aromatic carbocycles. The molecule has 2 N–H and O–H groups in total. The summed E-state index contributed by atoms with van der Waals surface area (Å²) in [4.78, 5) is 29.2. The molecule has 25 heavy (non-hydrogen) atoms. The third kappa shape index (κ3) is 2.86. The van der Waals surface area contributed by atoms with Crippen LogP contribution in [0.3, 0.4) is 0 Å². The summed E-state index contributed by atoms with van der Waals surface area (Å²) in [5.41, 5.74) is 9.32. The summed E-state index contributed by atoms with van der Waals surface area (Å²) >= 11 is 0. The highest BCUT2D eigenvalue weighted by atomic mass is 16.2. The van der Waals surface area contributed by atoms with Gasteiger partial charge in [0.05, 0.1) is 6.04 Å². The molecule has 1 saturated heterocycles. The number of carbonyl (C=O) groups excluding carboxylic acids is 2. The fourth-order valence-corrected chi connectivity index (χ4v) is 3.88. The highest BCUT2D eigenvalue weighted by molar-refractivity contribution is 5.97. The summed E-state index contributed by atoms with van der Waals surface area (Å²) < 4.78 is 0. The van der Waals surface area contributed by atoms with E-state index in [0.29, 0.717) is 17.8 Å². The molecule has 0 bridgehead atoms. The number of hydrogen-bond acceptors (Lipinski definition) is 3. The highest BCUT2D eigenvalue weighted by Crippen LogP contribution is 2.32. The molecule has 2 aliphatic heterocycles. The minimum atomic E-state index is -0.137. The number of nitrogens with zero attached hydrogens (tertiary/aromatic N) is 2. The Bertz CT molecular complexity index is 833. The molecular weight excluding hydrogens is 314 g/mol. The summed E-state index contributed by atoms with van der Waals surface area (Å²) in [6.07, 6.45) is 1.93. The Morgan fingerprint density at radius 2 is 1.96 bits per heavy atom. The predicted octanol–water partition coefficient (Wildman–Crippen LogP) is 2.24. The van der Waals surface area contributed by atoms with Crippen molar-refractivity contribution < 1.29 is 9.59 Å². The Hall–Kier alpha value is -2.82. The minimum absolute atomic E-state index is 0.0187. The van der Waals surface area contributed by atoms with Gasteiger partial charge in [0.15, 0.2) is 0 Å². The smallest absolute Gasteiger partial charge is 0.254 e. The van der Waals surface area contributed by atoms with Gasteiger partial charge in [0.1, 0.15) is 6.54 Å². The molecule has 0 radical (unpaired) electrons. The summed E-state index contributed by atoms with van der Waals surface area (Å²) in [5.74, 6) is -0.118. The fourth-order valence-electron chi connectivity index (χ4n) is 3.88. The second-order valence-corrected chi connectivity index (χ2v) is 6.72. The lowest BCUT2D eigenvalue weighted by atomic mass is 9.96. The Kier molecular flexibility index (Phi) is 3.92. The maximum absolute atomic E-state index is 12.9. The van der Waals surface area contributed by atoms with Gasteiger partial charge < -0.3 is 15.5 Å². The molecule has 5 nitrogen and oxygen atoms in total. The van der Waals surface area contributed by atoms with E-state index in [1.54, 1.807) is 29.2 Å². The molecule has 1 unspecified atom stereocenters. The highest BCUT2D eigenvalue weighted by Gasteiger charge is 2.37. The largest absolute Gasteiger partial charge is 0.399 e. The summed E-state index contributed by atoms with van der Waals surface area (Å²) in [6, 6.07) is 15.1. The van der Waals surface area contributed by atoms with E-state index in [9.17, 15) is 9.59 Å². The average Bonchev–Trinajstić information content (AvgIpc) is 2.81. The monoisotopic (exact) mass is 335 g/mol. The Morgan fingerprint density at radius 3 is 2.80 bits per heavy atom. The molecule has 0 aliphatic carbocycles. The predicted molar refractivity (Wildman–Crippen MR) is 96.0 cm³/mol. The minimum Gasteiger partial charge on any atom is -0.399 e. The van der Waals surface area contributed by atoms with Crippen LogP contribution in [-0.2, 0) is 11.2 Å². The molecule has 4 rings (SSSR count). The summed E-state index contributed by atoms with van der Waals surface area (Å²) in [5, 5.41) is 0. The molecule has 0 saturated carbocycles. The topological polar surface area (TPSA) is 66.6 Å². The molecule has 0 spiro atoms. The van der Waals surface area contributed by atoms with Crippen LogP contribution in [0, 0.1) is 0 Å². The van der Waals surface area contributed by atoms with Crippen molar-refractivity contribution >= 4 is 17.5 Å². The lowest BCUT2D eigenvalue weighted by Crippen LogP contribution is -2.53. The number of piperazine rings is 1. The van der Waals surface area contributed by atoms with Gasteiger partial charge in [0.25, 0.3) is 5.91 Å². The van der Waals surface area contributed by atoms with Crippen molar-refractivity contribution in [3.8, 4) is 0 Å². The van der Waals surface area contributed by atoms with Gasteiger partial charge >= 0.3 is 0 Å². The van der Waals surface area contributed by atoms with Crippen molar-refractivity contribution in [1.82, 2.24) is 9.80 Å². The average molecular weight is 335 g/mol. The zero-order chi connectivity index (χ0) is 17.4. The van der Waals surface area contributed by atoms with Crippen molar-refractivity contribution in [3.05, 3.63) is 65.2 Å². The molecule has 128 valence electrons. The van der Waals surface area contributed by atoms with Crippen LogP contribution in [0.1, 0.15) is 33.9 Å². The van der Waals surface area contributed by atoms with Crippen molar-refractivity contribution in [2.24, 2.45) is 0 Å². The van der Waals surface area contributed by atoms with Crippen molar-refractivity contribution in [3.63, 3.8) is 0 Å². The molecule has 1 atom stereocenters. The van der Waals surface area contributed by atoms with Gasteiger partial charge in [-0.05, 0) is 42.2 Å². The third-order valence-electron chi connectivity index (χ3n) is 5.10. The van der Waals surface area contributed by atoms with Crippen LogP contribution < -0.4 is 5.73 Å². The number of aryl methyl sites for hydroxylation is 1. The molecule has 5 heteroatoms.